The molecule has 1 aromatic rings. The Balaban J connectivity index is 2.26. The van der Waals surface area contributed by atoms with Gasteiger partial charge in [0, 0.05) is 5.02 Å². The van der Waals surface area contributed by atoms with Gasteiger partial charge in [0.15, 0.2) is 0 Å². The van der Waals surface area contributed by atoms with Crippen molar-refractivity contribution < 1.29 is 9.47 Å². The molecular formula is C12H18ClNO2. The van der Waals surface area contributed by atoms with Gasteiger partial charge in [0.25, 0.3) is 0 Å². The molecule has 0 heterocycles. The van der Waals surface area contributed by atoms with E-state index in [1.165, 1.54) is 0 Å². The summed E-state index contributed by atoms with van der Waals surface area (Å²) < 4.78 is 10.9. The Kier molecular flexibility index (Phi) is 5.60. The van der Waals surface area contributed by atoms with Crippen molar-refractivity contribution in [1.82, 2.24) is 0 Å². The van der Waals surface area contributed by atoms with Crippen LogP contribution in [0.1, 0.15) is 13.8 Å². The van der Waals surface area contributed by atoms with Crippen LogP contribution >= 0.6 is 11.6 Å². The predicted molar refractivity (Wildman–Crippen MR) is 66.0 cm³/mol. The van der Waals surface area contributed by atoms with Gasteiger partial charge in [-0.05, 0) is 38.1 Å². The average Bonchev–Trinajstić information content (AvgIpc) is 2.25. The van der Waals surface area contributed by atoms with Crippen LogP contribution in [0.2, 0.25) is 5.02 Å². The second-order valence-electron chi connectivity index (χ2n) is 3.91. The fourth-order valence-electron chi connectivity index (χ4n) is 1.10. The summed E-state index contributed by atoms with van der Waals surface area (Å²) in [7, 11) is 0. The number of rotatable bonds is 6. The Hall–Kier alpha value is -0.770. The van der Waals surface area contributed by atoms with Gasteiger partial charge >= 0.3 is 0 Å². The first-order valence-corrected chi connectivity index (χ1v) is 5.71. The van der Waals surface area contributed by atoms with E-state index in [1.807, 2.05) is 26.0 Å². The summed E-state index contributed by atoms with van der Waals surface area (Å²) in [5.74, 6) is 0.768. The summed E-state index contributed by atoms with van der Waals surface area (Å²) in [5.41, 5.74) is 5.82. The first-order chi connectivity index (χ1) is 7.58. The number of ether oxygens (including phenoxy) is 2. The molecule has 0 aliphatic carbocycles. The van der Waals surface area contributed by atoms with Gasteiger partial charge in [-0.1, -0.05) is 11.6 Å². The summed E-state index contributed by atoms with van der Waals surface area (Å²) >= 11 is 5.76. The van der Waals surface area contributed by atoms with Gasteiger partial charge in [0.2, 0.25) is 0 Å². The first-order valence-electron chi connectivity index (χ1n) is 5.33. The third kappa shape index (κ3) is 5.35. The molecule has 1 rings (SSSR count). The van der Waals surface area contributed by atoms with E-state index in [9.17, 15) is 0 Å². The first kappa shape index (κ1) is 13.3. The van der Waals surface area contributed by atoms with Gasteiger partial charge in [-0.2, -0.15) is 0 Å². The molecule has 0 radical (unpaired) electrons. The van der Waals surface area contributed by atoms with E-state index in [4.69, 9.17) is 26.8 Å². The monoisotopic (exact) mass is 243 g/mol. The van der Waals surface area contributed by atoms with Crippen molar-refractivity contribution >= 4 is 11.6 Å². The lowest BCUT2D eigenvalue weighted by Gasteiger charge is -2.15. The van der Waals surface area contributed by atoms with Crippen LogP contribution in [0.5, 0.6) is 5.75 Å². The van der Waals surface area contributed by atoms with E-state index in [0.29, 0.717) is 18.2 Å². The standard InChI is InChI=1S/C12H18ClNO2/c1-9(2)15-7-11(14)8-16-12-5-3-10(13)4-6-12/h3-6,9,11H,7-8,14H2,1-2H3. The third-order valence-corrected chi connectivity index (χ3v) is 2.17. The van der Waals surface area contributed by atoms with Crippen molar-refractivity contribution in [3.8, 4) is 5.75 Å². The molecule has 1 unspecified atom stereocenters. The highest BCUT2D eigenvalue weighted by Gasteiger charge is 2.05. The van der Waals surface area contributed by atoms with Crippen LogP contribution in [0.4, 0.5) is 0 Å². The van der Waals surface area contributed by atoms with Crippen LogP contribution in [-0.2, 0) is 4.74 Å². The topological polar surface area (TPSA) is 44.5 Å². The minimum absolute atomic E-state index is 0.113. The van der Waals surface area contributed by atoms with E-state index in [1.54, 1.807) is 12.1 Å². The fraction of sp³-hybridized carbons (Fsp3) is 0.500. The van der Waals surface area contributed by atoms with Crippen molar-refractivity contribution in [2.75, 3.05) is 13.2 Å². The highest BCUT2D eigenvalue weighted by molar-refractivity contribution is 6.30. The van der Waals surface area contributed by atoms with E-state index in [2.05, 4.69) is 0 Å². The molecule has 0 saturated carbocycles. The maximum absolute atomic E-state index is 5.82. The van der Waals surface area contributed by atoms with Gasteiger partial charge in [0.1, 0.15) is 12.4 Å². The molecule has 0 spiro atoms. The normalized spacial score (nSPS) is 12.8. The van der Waals surface area contributed by atoms with E-state index >= 15 is 0 Å². The van der Waals surface area contributed by atoms with Crippen molar-refractivity contribution in [3.63, 3.8) is 0 Å². The van der Waals surface area contributed by atoms with Crippen molar-refractivity contribution in [1.29, 1.82) is 0 Å². The summed E-state index contributed by atoms with van der Waals surface area (Å²) in [4.78, 5) is 0. The van der Waals surface area contributed by atoms with Crippen LogP contribution in [0.3, 0.4) is 0 Å². The highest BCUT2D eigenvalue weighted by Crippen LogP contribution is 2.15. The second-order valence-corrected chi connectivity index (χ2v) is 4.34. The number of benzene rings is 1. The molecule has 16 heavy (non-hydrogen) atoms. The molecule has 0 fully saturated rings. The molecule has 0 amide bonds. The Morgan fingerprint density at radius 2 is 1.81 bits per heavy atom. The molecule has 90 valence electrons. The molecule has 1 atom stereocenters. The molecule has 0 saturated heterocycles. The molecule has 1 aromatic carbocycles. The van der Waals surface area contributed by atoms with Gasteiger partial charge < -0.3 is 15.2 Å². The maximum Gasteiger partial charge on any atom is 0.119 e. The maximum atomic E-state index is 5.82. The second kappa shape index (κ2) is 6.74. The van der Waals surface area contributed by atoms with E-state index in [-0.39, 0.29) is 12.1 Å². The lowest BCUT2D eigenvalue weighted by molar-refractivity contribution is 0.0587. The Labute approximate surface area is 101 Å². The predicted octanol–water partition coefficient (Wildman–Crippen LogP) is 2.47. The van der Waals surface area contributed by atoms with Crippen LogP contribution in [-0.4, -0.2) is 25.4 Å². The number of hydrogen-bond acceptors (Lipinski definition) is 3. The largest absolute Gasteiger partial charge is 0.492 e. The molecule has 0 aromatic heterocycles. The molecular weight excluding hydrogens is 226 g/mol. The zero-order chi connectivity index (χ0) is 12.0. The summed E-state index contributed by atoms with van der Waals surface area (Å²) in [6.07, 6.45) is 0.196. The van der Waals surface area contributed by atoms with Crippen LogP contribution in [0.25, 0.3) is 0 Å². The Morgan fingerprint density at radius 3 is 2.38 bits per heavy atom. The van der Waals surface area contributed by atoms with Crippen LogP contribution in [0, 0.1) is 0 Å². The number of hydrogen-bond donors (Lipinski definition) is 1. The molecule has 2 N–H and O–H groups in total. The SMILES string of the molecule is CC(C)OCC(N)COc1ccc(Cl)cc1. The molecule has 0 bridgehead atoms. The van der Waals surface area contributed by atoms with Gasteiger partial charge in [-0.3, -0.25) is 0 Å². The zero-order valence-electron chi connectivity index (χ0n) is 9.65. The van der Waals surface area contributed by atoms with E-state index < -0.39 is 0 Å². The summed E-state index contributed by atoms with van der Waals surface area (Å²) in [6.45, 7) is 4.90. The zero-order valence-corrected chi connectivity index (χ0v) is 10.4. The Morgan fingerprint density at radius 1 is 1.19 bits per heavy atom. The van der Waals surface area contributed by atoms with E-state index in [0.717, 1.165) is 5.75 Å². The molecule has 4 heteroatoms. The van der Waals surface area contributed by atoms with Gasteiger partial charge in [-0.25, -0.2) is 0 Å². The minimum Gasteiger partial charge on any atom is -0.492 e. The summed E-state index contributed by atoms with van der Waals surface area (Å²) in [6, 6.07) is 7.09. The third-order valence-electron chi connectivity index (χ3n) is 1.92. The smallest absolute Gasteiger partial charge is 0.119 e. The molecule has 0 aliphatic heterocycles. The van der Waals surface area contributed by atoms with Crippen molar-refractivity contribution in [3.05, 3.63) is 29.3 Å². The van der Waals surface area contributed by atoms with Gasteiger partial charge in [-0.15, -0.1) is 0 Å². The van der Waals surface area contributed by atoms with Crippen molar-refractivity contribution in [2.24, 2.45) is 5.73 Å². The highest BCUT2D eigenvalue weighted by atomic mass is 35.5. The summed E-state index contributed by atoms with van der Waals surface area (Å²) in [5, 5.41) is 0.694. The fourth-order valence-corrected chi connectivity index (χ4v) is 1.22. The minimum atomic E-state index is -0.113. The average molecular weight is 244 g/mol. The lowest BCUT2D eigenvalue weighted by atomic mass is 10.3. The van der Waals surface area contributed by atoms with Crippen LogP contribution in [0.15, 0.2) is 24.3 Å². The number of nitrogens with two attached hydrogens (primary N) is 1. The molecule has 3 nitrogen and oxygen atoms in total. The van der Waals surface area contributed by atoms with Gasteiger partial charge in [0.05, 0.1) is 18.8 Å². The Bertz CT molecular complexity index is 300. The van der Waals surface area contributed by atoms with Crippen molar-refractivity contribution in [2.45, 2.75) is 26.0 Å². The van der Waals surface area contributed by atoms with Crippen LogP contribution < -0.4 is 10.5 Å². The quantitative estimate of drug-likeness (QED) is 0.835. The molecule has 0 aliphatic rings. The lowest BCUT2D eigenvalue weighted by Crippen LogP contribution is -2.33. The number of halogens is 1.